The maximum Gasteiger partial charge on any atom is 0.187 e. The Hall–Kier alpha value is -0.320. The first kappa shape index (κ1) is 19.4. The number of aliphatic hydroxyl groups excluding tert-OH is 4. The zero-order valence-electron chi connectivity index (χ0n) is 15.0. The van der Waals surface area contributed by atoms with E-state index in [9.17, 15) is 25.5 Å². The normalized spacial score (nSPS) is 52.8. The van der Waals surface area contributed by atoms with Crippen molar-refractivity contribution in [2.24, 2.45) is 0 Å². The third-order valence-electron chi connectivity index (χ3n) is 5.74. The van der Waals surface area contributed by atoms with Gasteiger partial charge in [-0.1, -0.05) is 0 Å². The fourth-order valence-corrected chi connectivity index (χ4v) is 4.58. The van der Waals surface area contributed by atoms with Crippen LogP contribution in [0.15, 0.2) is 0 Å². The van der Waals surface area contributed by atoms with Crippen molar-refractivity contribution in [3.8, 4) is 0 Å². The molecule has 4 aliphatic rings. The van der Waals surface area contributed by atoms with E-state index in [2.05, 4.69) is 0 Å². The summed E-state index contributed by atoms with van der Waals surface area (Å²) in [7, 11) is 0. The van der Waals surface area contributed by atoms with Gasteiger partial charge in [0.25, 0.3) is 0 Å². The molecule has 0 aromatic heterocycles. The van der Waals surface area contributed by atoms with Gasteiger partial charge in [-0.05, 0) is 33.6 Å². The first-order chi connectivity index (χ1) is 11.5. The van der Waals surface area contributed by atoms with Gasteiger partial charge < -0.3 is 39.7 Å². The van der Waals surface area contributed by atoms with Gasteiger partial charge >= 0.3 is 0 Å². The van der Waals surface area contributed by atoms with Gasteiger partial charge in [0.15, 0.2) is 6.29 Å². The lowest BCUT2D eigenvalue weighted by atomic mass is 9.73. The summed E-state index contributed by atoms with van der Waals surface area (Å²) in [6, 6.07) is 0. The van der Waals surface area contributed by atoms with Crippen molar-refractivity contribution in [2.45, 2.75) is 100 Å². The second-order valence-corrected chi connectivity index (χ2v) is 8.60. The molecule has 146 valence electrons. The Kier molecular flexibility index (Phi) is 4.96. The summed E-state index contributed by atoms with van der Waals surface area (Å²) in [5, 5.41) is 50.2. The Labute approximate surface area is 147 Å². The number of fused-ring (bicyclic) bond motifs is 4. The van der Waals surface area contributed by atoms with Crippen molar-refractivity contribution in [2.75, 3.05) is 6.61 Å². The van der Waals surface area contributed by atoms with Crippen LogP contribution in [0.4, 0.5) is 0 Å². The third kappa shape index (κ3) is 3.59. The maximum atomic E-state index is 10.9. The number of hydrogen-bond donors (Lipinski definition) is 5. The molecule has 3 saturated heterocycles. The molecule has 1 aliphatic carbocycles. The second kappa shape index (κ2) is 6.38. The van der Waals surface area contributed by atoms with Gasteiger partial charge in [0.05, 0.1) is 29.5 Å². The molecular formula is C17H30O8. The Morgan fingerprint density at radius 3 is 2.36 bits per heavy atom. The van der Waals surface area contributed by atoms with Gasteiger partial charge in [0.1, 0.15) is 24.4 Å². The van der Waals surface area contributed by atoms with Crippen molar-refractivity contribution in [3.63, 3.8) is 0 Å². The van der Waals surface area contributed by atoms with Crippen molar-refractivity contribution < 1.29 is 39.7 Å². The summed E-state index contributed by atoms with van der Waals surface area (Å²) in [6.45, 7) is 5.25. The van der Waals surface area contributed by atoms with Crippen LogP contribution in [0.5, 0.6) is 0 Å². The molecule has 0 spiro atoms. The molecule has 0 aromatic rings. The minimum absolute atomic E-state index is 0.321. The quantitative estimate of drug-likeness (QED) is 0.434. The maximum absolute atomic E-state index is 10.9. The lowest BCUT2D eigenvalue weighted by molar-refractivity contribution is -0.331. The molecular weight excluding hydrogens is 332 g/mol. The van der Waals surface area contributed by atoms with Gasteiger partial charge in [0, 0.05) is 12.8 Å². The average molecular weight is 362 g/mol. The van der Waals surface area contributed by atoms with Crippen molar-refractivity contribution in [3.05, 3.63) is 0 Å². The molecule has 0 amide bonds. The summed E-state index contributed by atoms with van der Waals surface area (Å²) in [5.74, 6) is 0. The Bertz CT molecular complexity index is 497. The van der Waals surface area contributed by atoms with Crippen LogP contribution < -0.4 is 0 Å². The van der Waals surface area contributed by atoms with E-state index < -0.39 is 60.2 Å². The molecule has 8 atom stereocenters. The van der Waals surface area contributed by atoms with E-state index in [1.165, 1.54) is 0 Å². The van der Waals surface area contributed by atoms with E-state index in [4.69, 9.17) is 14.2 Å². The summed E-state index contributed by atoms with van der Waals surface area (Å²) < 4.78 is 17.6. The lowest BCUT2D eigenvalue weighted by Gasteiger charge is -2.47. The summed E-state index contributed by atoms with van der Waals surface area (Å²) in [4.78, 5) is 0. The average Bonchev–Trinajstić information content (AvgIpc) is 2.65. The molecule has 8 nitrogen and oxygen atoms in total. The van der Waals surface area contributed by atoms with Crippen LogP contribution in [0.3, 0.4) is 0 Å². The molecule has 0 radical (unpaired) electrons. The molecule has 2 bridgehead atoms. The molecule has 3 aliphatic heterocycles. The van der Waals surface area contributed by atoms with Crippen molar-refractivity contribution >= 4 is 0 Å². The van der Waals surface area contributed by atoms with E-state index >= 15 is 0 Å². The Balaban J connectivity index is 1.80. The standard InChI is InChI=1S/C17H30O8/c1-15(2)8-17(22)5-4-16(3,25-15)10(6-17)24-14-13(21)12(20)11(19)9(7-18)23-14/h9-14,18-22H,4-8H2,1-3H3/t9-,10+,11-,12+,13-,14+,16-,17-/m0/s1. The van der Waals surface area contributed by atoms with Gasteiger partial charge in [0.2, 0.25) is 0 Å². The molecule has 25 heavy (non-hydrogen) atoms. The van der Waals surface area contributed by atoms with Crippen LogP contribution >= 0.6 is 0 Å². The van der Waals surface area contributed by atoms with Crippen LogP contribution in [0, 0.1) is 0 Å². The SMILES string of the molecule is CC1(C)C[C@]2(O)CC[C@](C)(O1)[C@H](O[C@H]1O[C@@H](CO)[C@H](O)[C@@H](O)[C@@H]1O)C2. The molecule has 5 N–H and O–H groups in total. The number of aliphatic hydroxyl groups is 5. The van der Waals surface area contributed by atoms with Crippen LogP contribution in [0.1, 0.15) is 46.5 Å². The number of hydrogen-bond acceptors (Lipinski definition) is 8. The molecule has 8 heteroatoms. The summed E-state index contributed by atoms with van der Waals surface area (Å²) in [6.07, 6.45) is -5.22. The van der Waals surface area contributed by atoms with Crippen LogP contribution in [-0.2, 0) is 14.2 Å². The van der Waals surface area contributed by atoms with Crippen LogP contribution in [0.2, 0.25) is 0 Å². The molecule has 0 aromatic carbocycles. The van der Waals surface area contributed by atoms with E-state index in [-0.39, 0.29) is 0 Å². The minimum Gasteiger partial charge on any atom is -0.394 e. The highest BCUT2D eigenvalue weighted by molar-refractivity contribution is 5.06. The molecule has 4 fully saturated rings. The van der Waals surface area contributed by atoms with Gasteiger partial charge in [-0.25, -0.2) is 0 Å². The predicted octanol–water partition coefficient (Wildman–Crippen LogP) is -0.956. The van der Waals surface area contributed by atoms with Crippen molar-refractivity contribution in [1.82, 2.24) is 0 Å². The minimum atomic E-state index is -1.49. The summed E-state index contributed by atoms with van der Waals surface area (Å²) in [5.41, 5.74) is -2.13. The lowest BCUT2D eigenvalue weighted by Crippen LogP contribution is -2.61. The Morgan fingerprint density at radius 1 is 1.04 bits per heavy atom. The molecule has 1 saturated carbocycles. The fourth-order valence-electron chi connectivity index (χ4n) is 4.58. The van der Waals surface area contributed by atoms with Crippen LogP contribution in [-0.4, -0.2) is 85.8 Å². The molecule has 0 unspecified atom stereocenters. The zero-order chi connectivity index (χ0) is 18.6. The first-order valence-corrected chi connectivity index (χ1v) is 8.87. The summed E-state index contributed by atoms with van der Waals surface area (Å²) >= 11 is 0. The number of ether oxygens (including phenoxy) is 3. The monoisotopic (exact) mass is 362 g/mol. The fraction of sp³-hybridized carbons (Fsp3) is 1.00. The highest BCUT2D eigenvalue weighted by atomic mass is 16.7. The third-order valence-corrected chi connectivity index (χ3v) is 5.74. The van der Waals surface area contributed by atoms with Gasteiger partial charge in [-0.15, -0.1) is 0 Å². The smallest absolute Gasteiger partial charge is 0.187 e. The van der Waals surface area contributed by atoms with E-state index in [0.717, 1.165) is 0 Å². The molecule has 4 rings (SSSR count). The first-order valence-electron chi connectivity index (χ1n) is 8.87. The van der Waals surface area contributed by atoms with E-state index in [1.54, 1.807) is 0 Å². The highest BCUT2D eigenvalue weighted by Crippen LogP contribution is 2.49. The van der Waals surface area contributed by atoms with Gasteiger partial charge in [-0.2, -0.15) is 0 Å². The van der Waals surface area contributed by atoms with E-state index in [0.29, 0.717) is 25.7 Å². The zero-order valence-corrected chi connectivity index (χ0v) is 15.0. The topological polar surface area (TPSA) is 129 Å². The number of rotatable bonds is 3. The van der Waals surface area contributed by atoms with Crippen molar-refractivity contribution in [1.29, 1.82) is 0 Å². The van der Waals surface area contributed by atoms with Gasteiger partial charge in [-0.3, -0.25) is 0 Å². The van der Waals surface area contributed by atoms with Crippen LogP contribution in [0.25, 0.3) is 0 Å². The highest BCUT2D eigenvalue weighted by Gasteiger charge is 2.57. The Morgan fingerprint density at radius 2 is 1.72 bits per heavy atom. The largest absolute Gasteiger partial charge is 0.394 e. The molecule has 3 heterocycles. The van der Waals surface area contributed by atoms with E-state index in [1.807, 2.05) is 20.8 Å². The second-order valence-electron chi connectivity index (χ2n) is 8.60. The predicted molar refractivity (Wildman–Crippen MR) is 85.6 cm³/mol.